The van der Waals surface area contributed by atoms with Crippen LogP contribution in [-0.4, -0.2) is 37.9 Å². The maximum Gasteiger partial charge on any atom is 0.179 e. The van der Waals surface area contributed by atoms with Gasteiger partial charge in [0.2, 0.25) is 0 Å². The van der Waals surface area contributed by atoms with Gasteiger partial charge >= 0.3 is 0 Å². The molecule has 0 radical (unpaired) electrons. The van der Waals surface area contributed by atoms with E-state index in [9.17, 15) is 13.2 Å². The summed E-state index contributed by atoms with van der Waals surface area (Å²) in [6, 6.07) is 4.37. The Bertz CT molecular complexity index is 627. The SMILES string of the molecule is CC1OCCC1S(=O)(=O)CC(=O)c1ccc(Cl)cc1Cl. The van der Waals surface area contributed by atoms with Crippen LogP contribution < -0.4 is 0 Å². The number of Topliss-reactive ketones (excluding diaryl/α,β-unsaturated/α-hetero) is 1. The summed E-state index contributed by atoms with van der Waals surface area (Å²) >= 11 is 11.7. The summed E-state index contributed by atoms with van der Waals surface area (Å²) < 4.78 is 29.7. The van der Waals surface area contributed by atoms with E-state index in [1.807, 2.05) is 0 Å². The largest absolute Gasteiger partial charge is 0.377 e. The highest BCUT2D eigenvalue weighted by Crippen LogP contribution is 2.25. The first-order chi connectivity index (χ1) is 9.31. The molecule has 2 atom stereocenters. The highest BCUT2D eigenvalue weighted by molar-refractivity contribution is 7.92. The van der Waals surface area contributed by atoms with E-state index in [0.29, 0.717) is 18.1 Å². The monoisotopic (exact) mass is 336 g/mol. The van der Waals surface area contributed by atoms with Gasteiger partial charge in [-0.3, -0.25) is 4.79 Å². The van der Waals surface area contributed by atoms with E-state index in [4.69, 9.17) is 27.9 Å². The van der Waals surface area contributed by atoms with Crippen LogP contribution >= 0.6 is 23.2 Å². The number of hydrogen-bond donors (Lipinski definition) is 0. The molecule has 1 aliphatic rings. The normalized spacial score (nSPS) is 22.9. The molecule has 110 valence electrons. The average Bonchev–Trinajstić information content (AvgIpc) is 2.75. The molecule has 7 heteroatoms. The smallest absolute Gasteiger partial charge is 0.179 e. The van der Waals surface area contributed by atoms with Crippen LogP contribution in [0.5, 0.6) is 0 Å². The van der Waals surface area contributed by atoms with E-state index in [2.05, 4.69) is 0 Å². The van der Waals surface area contributed by atoms with Gasteiger partial charge in [0.15, 0.2) is 15.6 Å². The molecule has 20 heavy (non-hydrogen) atoms. The van der Waals surface area contributed by atoms with Crippen molar-refractivity contribution in [1.82, 2.24) is 0 Å². The lowest BCUT2D eigenvalue weighted by Crippen LogP contribution is -2.32. The summed E-state index contributed by atoms with van der Waals surface area (Å²) in [7, 11) is -3.55. The molecular weight excluding hydrogens is 323 g/mol. The van der Waals surface area contributed by atoms with E-state index < -0.39 is 26.6 Å². The van der Waals surface area contributed by atoms with Crippen LogP contribution in [0.25, 0.3) is 0 Å². The number of hydrogen-bond acceptors (Lipinski definition) is 4. The van der Waals surface area contributed by atoms with Gasteiger partial charge in [-0.05, 0) is 31.5 Å². The Hall–Kier alpha value is -0.620. The zero-order valence-electron chi connectivity index (χ0n) is 10.8. The standard InChI is InChI=1S/C13H14Cl2O4S/c1-8-13(4-5-19-8)20(17,18)7-12(16)10-3-2-9(14)6-11(10)15/h2-3,6,8,13H,4-5,7H2,1H3. The summed E-state index contributed by atoms with van der Waals surface area (Å²) in [5, 5.41) is -0.0711. The van der Waals surface area contributed by atoms with E-state index in [1.54, 1.807) is 6.92 Å². The topological polar surface area (TPSA) is 60.4 Å². The lowest BCUT2D eigenvalue weighted by molar-refractivity contribution is 0.102. The molecule has 1 saturated heterocycles. The number of carbonyl (C=O) groups is 1. The summed E-state index contributed by atoms with van der Waals surface area (Å²) in [6.07, 6.45) is 0.0407. The number of rotatable bonds is 4. The molecule has 0 amide bonds. The Morgan fingerprint density at radius 3 is 2.65 bits per heavy atom. The molecule has 0 spiro atoms. The van der Waals surface area contributed by atoms with Gasteiger partial charge in [0.1, 0.15) is 5.75 Å². The van der Waals surface area contributed by atoms with Gasteiger partial charge in [0.05, 0.1) is 16.4 Å². The summed E-state index contributed by atoms with van der Waals surface area (Å²) in [5.74, 6) is -1.09. The van der Waals surface area contributed by atoms with E-state index >= 15 is 0 Å². The molecule has 4 nitrogen and oxygen atoms in total. The zero-order valence-corrected chi connectivity index (χ0v) is 13.1. The average molecular weight is 337 g/mol. The third-order valence-electron chi connectivity index (χ3n) is 3.33. The second kappa shape index (κ2) is 6.02. The van der Waals surface area contributed by atoms with Crippen molar-refractivity contribution >= 4 is 38.8 Å². The molecule has 1 aromatic rings. The number of benzene rings is 1. The fourth-order valence-electron chi connectivity index (χ4n) is 2.27. The summed E-state index contributed by atoms with van der Waals surface area (Å²) in [4.78, 5) is 12.1. The van der Waals surface area contributed by atoms with Crippen LogP contribution in [0.3, 0.4) is 0 Å². The zero-order chi connectivity index (χ0) is 14.9. The van der Waals surface area contributed by atoms with Crippen molar-refractivity contribution in [1.29, 1.82) is 0 Å². The molecule has 0 saturated carbocycles. The van der Waals surface area contributed by atoms with Crippen molar-refractivity contribution in [3.8, 4) is 0 Å². The number of carbonyl (C=O) groups excluding carboxylic acids is 1. The number of halogens is 2. The molecule has 2 rings (SSSR count). The lowest BCUT2D eigenvalue weighted by atomic mass is 10.1. The van der Waals surface area contributed by atoms with Crippen molar-refractivity contribution in [2.45, 2.75) is 24.7 Å². The van der Waals surface area contributed by atoms with Crippen molar-refractivity contribution in [3.05, 3.63) is 33.8 Å². The lowest BCUT2D eigenvalue weighted by Gasteiger charge is -2.14. The van der Waals surface area contributed by atoms with Crippen molar-refractivity contribution in [3.63, 3.8) is 0 Å². The minimum atomic E-state index is -3.55. The first kappa shape index (κ1) is 15.8. The predicted octanol–water partition coefficient (Wildman–Crippen LogP) is 2.77. The fourth-order valence-corrected chi connectivity index (χ4v) is 4.63. The molecule has 0 aliphatic carbocycles. The Morgan fingerprint density at radius 2 is 2.10 bits per heavy atom. The first-order valence-electron chi connectivity index (χ1n) is 6.12. The van der Waals surface area contributed by atoms with Gasteiger partial charge < -0.3 is 4.74 Å². The van der Waals surface area contributed by atoms with Gasteiger partial charge in [-0.25, -0.2) is 8.42 Å². The van der Waals surface area contributed by atoms with Gasteiger partial charge in [-0.2, -0.15) is 0 Å². The van der Waals surface area contributed by atoms with Crippen LogP contribution in [0.4, 0.5) is 0 Å². The third kappa shape index (κ3) is 3.34. The molecule has 0 aromatic heterocycles. The predicted molar refractivity (Wildman–Crippen MR) is 78.4 cm³/mol. The molecule has 1 heterocycles. The van der Waals surface area contributed by atoms with E-state index in [1.165, 1.54) is 18.2 Å². The van der Waals surface area contributed by atoms with E-state index in [0.717, 1.165) is 0 Å². The Morgan fingerprint density at radius 1 is 1.40 bits per heavy atom. The molecular formula is C13H14Cl2O4S. The van der Waals surface area contributed by atoms with Gasteiger partial charge in [-0.1, -0.05) is 23.2 Å². The molecule has 0 N–H and O–H groups in total. The van der Waals surface area contributed by atoms with Crippen LogP contribution in [0.15, 0.2) is 18.2 Å². The van der Waals surface area contributed by atoms with E-state index in [-0.39, 0.29) is 16.7 Å². The van der Waals surface area contributed by atoms with Crippen LogP contribution in [-0.2, 0) is 14.6 Å². The van der Waals surface area contributed by atoms with Crippen LogP contribution in [0, 0.1) is 0 Å². The van der Waals surface area contributed by atoms with Gasteiger partial charge in [0.25, 0.3) is 0 Å². The quantitative estimate of drug-likeness (QED) is 0.793. The van der Waals surface area contributed by atoms with Crippen LogP contribution in [0.1, 0.15) is 23.7 Å². The maximum atomic E-state index is 12.2. The van der Waals surface area contributed by atoms with Crippen molar-refractivity contribution < 1.29 is 17.9 Å². The molecule has 1 aliphatic heterocycles. The minimum absolute atomic E-state index is 0.161. The fraction of sp³-hybridized carbons (Fsp3) is 0.462. The van der Waals surface area contributed by atoms with Gasteiger partial charge in [0, 0.05) is 17.2 Å². The number of sulfone groups is 1. The highest BCUT2D eigenvalue weighted by atomic mass is 35.5. The maximum absolute atomic E-state index is 12.2. The number of ketones is 1. The van der Waals surface area contributed by atoms with Gasteiger partial charge in [-0.15, -0.1) is 0 Å². The summed E-state index contributed by atoms with van der Waals surface area (Å²) in [6.45, 7) is 2.11. The number of ether oxygens (including phenoxy) is 1. The van der Waals surface area contributed by atoms with Crippen molar-refractivity contribution in [2.75, 3.05) is 12.4 Å². The first-order valence-corrected chi connectivity index (χ1v) is 8.60. The van der Waals surface area contributed by atoms with Crippen LogP contribution in [0.2, 0.25) is 10.0 Å². The molecule has 2 unspecified atom stereocenters. The molecule has 1 aromatic carbocycles. The Kier molecular flexibility index (Phi) is 4.74. The molecule has 0 bridgehead atoms. The second-order valence-corrected chi connectivity index (χ2v) is 7.82. The Labute approximate surface area is 127 Å². The second-order valence-electron chi connectivity index (χ2n) is 4.76. The summed E-state index contributed by atoms with van der Waals surface area (Å²) in [5.41, 5.74) is 0.172. The minimum Gasteiger partial charge on any atom is -0.377 e. The Balaban J connectivity index is 2.18. The highest BCUT2D eigenvalue weighted by Gasteiger charge is 2.37. The molecule has 1 fully saturated rings. The third-order valence-corrected chi connectivity index (χ3v) is 6.09. The van der Waals surface area contributed by atoms with Crippen molar-refractivity contribution in [2.24, 2.45) is 0 Å².